The fourth-order valence-electron chi connectivity index (χ4n) is 1.94. The van der Waals surface area contributed by atoms with Crippen LogP contribution in [0.1, 0.15) is 30.9 Å². The highest BCUT2D eigenvalue weighted by atomic mass is 32.2. The van der Waals surface area contributed by atoms with Crippen molar-refractivity contribution >= 4 is 11.8 Å². The van der Waals surface area contributed by atoms with Crippen LogP contribution in [0.5, 0.6) is 0 Å². The van der Waals surface area contributed by atoms with Crippen molar-refractivity contribution < 1.29 is 0 Å². The summed E-state index contributed by atoms with van der Waals surface area (Å²) in [5.41, 5.74) is 6.83. The molecule has 3 nitrogen and oxygen atoms in total. The highest BCUT2D eigenvalue weighted by Crippen LogP contribution is 2.26. The Balaban J connectivity index is 1.93. The molecule has 84 valence electrons. The summed E-state index contributed by atoms with van der Waals surface area (Å²) >= 11 is 2.04. The second-order valence-corrected chi connectivity index (χ2v) is 5.24. The maximum absolute atomic E-state index is 5.50. The molecule has 0 spiro atoms. The van der Waals surface area contributed by atoms with E-state index in [0.717, 1.165) is 19.4 Å². The minimum absolute atomic E-state index is 0.621. The summed E-state index contributed by atoms with van der Waals surface area (Å²) in [5.74, 6) is 2.54. The van der Waals surface area contributed by atoms with E-state index in [1.54, 1.807) is 0 Å². The first-order valence-electron chi connectivity index (χ1n) is 5.71. The van der Waals surface area contributed by atoms with E-state index in [9.17, 15) is 0 Å². The normalized spacial score (nSPS) is 21.8. The first-order chi connectivity index (χ1) is 7.40. The van der Waals surface area contributed by atoms with Crippen molar-refractivity contribution in [1.82, 2.24) is 9.78 Å². The third-order valence-electron chi connectivity index (χ3n) is 2.83. The number of hydrogen-bond acceptors (Lipinski definition) is 3. The molecule has 0 aliphatic carbocycles. The average Bonchev–Trinajstić information content (AvgIpc) is 2.76. The third kappa shape index (κ3) is 2.98. The van der Waals surface area contributed by atoms with Gasteiger partial charge in [0, 0.05) is 11.9 Å². The van der Waals surface area contributed by atoms with Crippen LogP contribution in [0.4, 0.5) is 0 Å². The Kier molecular flexibility index (Phi) is 4.09. The first kappa shape index (κ1) is 11.0. The van der Waals surface area contributed by atoms with Gasteiger partial charge >= 0.3 is 0 Å². The predicted molar refractivity (Wildman–Crippen MR) is 65.2 cm³/mol. The van der Waals surface area contributed by atoms with Crippen molar-refractivity contribution in [1.29, 1.82) is 0 Å². The quantitative estimate of drug-likeness (QED) is 0.850. The molecule has 0 saturated carbocycles. The standard InChI is InChI=1S/C11H19N3S/c12-5-1-3-10-7-13-14(8-10)11-4-2-6-15-9-11/h7-8,11H,1-6,9,12H2. The van der Waals surface area contributed by atoms with E-state index in [2.05, 4.69) is 16.0 Å². The molecule has 4 heteroatoms. The lowest BCUT2D eigenvalue weighted by molar-refractivity contribution is 0.454. The van der Waals surface area contributed by atoms with Crippen molar-refractivity contribution in [2.45, 2.75) is 31.7 Å². The molecule has 1 atom stereocenters. The van der Waals surface area contributed by atoms with Crippen LogP contribution in [0, 0.1) is 0 Å². The Morgan fingerprint density at radius 3 is 3.27 bits per heavy atom. The van der Waals surface area contributed by atoms with Crippen LogP contribution in [-0.4, -0.2) is 27.8 Å². The van der Waals surface area contributed by atoms with Crippen LogP contribution in [-0.2, 0) is 6.42 Å². The molecule has 0 aromatic carbocycles. The van der Waals surface area contributed by atoms with Gasteiger partial charge in [0.1, 0.15) is 0 Å². The number of nitrogens with zero attached hydrogens (tertiary/aromatic N) is 2. The molecule has 1 aromatic heterocycles. The molecule has 1 aliphatic heterocycles. The summed E-state index contributed by atoms with van der Waals surface area (Å²) in [6.07, 6.45) is 8.93. The fraction of sp³-hybridized carbons (Fsp3) is 0.727. The second-order valence-electron chi connectivity index (χ2n) is 4.09. The molecule has 1 saturated heterocycles. The third-order valence-corrected chi connectivity index (χ3v) is 4.03. The number of aryl methyl sites for hydroxylation is 1. The average molecular weight is 225 g/mol. The largest absolute Gasteiger partial charge is 0.330 e. The van der Waals surface area contributed by atoms with Crippen molar-refractivity contribution in [3.63, 3.8) is 0 Å². The number of rotatable bonds is 4. The minimum Gasteiger partial charge on any atom is -0.330 e. The van der Waals surface area contributed by atoms with Gasteiger partial charge in [0.25, 0.3) is 0 Å². The zero-order valence-corrected chi connectivity index (χ0v) is 9.88. The Hall–Kier alpha value is -0.480. The second kappa shape index (κ2) is 5.56. The van der Waals surface area contributed by atoms with Crippen LogP contribution in [0.3, 0.4) is 0 Å². The lowest BCUT2D eigenvalue weighted by Gasteiger charge is -2.21. The lowest BCUT2D eigenvalue weighted by Crippen LogP contribution is -2.16. The van der Waals surface area contributed by atoms with Crippen LogP contribution in [0.25, 0.3) is 0 Å². The molecule has 1 aliphatic rings. The zero-order valence-electron chi connectivity index (χ0n) is 9.06. The van der Waals surface area contributed by atoms with Crippen molar-refractivity contribution in [2.24, 2.45) is 5.73 Å². The number of hydrogen-bond donors (Lipinski definition) is 1. The van der Waals surface area contributed by atoms with Gasteiger partial charge < -0.3 is 5.73 Å². The van der Waals surface area contributed by atoms with Gasteiger partial charge in [-0.15, -0.1) is 0 Å². The van der Waals surface area contributed by atoms with Gasteiger partial charge in [-0.05, 0) is 43.5 Å². The molecular weight excluding hydrogens is 206 g/mol. The Labute approximate surface area is 95.4 Å². The Morgan fingerprint density at radius 2 is 2.53 bits per heavy atom. The number of aromatic nitrogens is 2. The molecule has 0 amide bonds. The van der Waals surface area contributed by atoms with Gasteiger partial charge in [0.05, 0.1) is 12.2 Å². The van der Waals surface area contributed by atoms with Gasteiger partial charge in [-0.3, -0.25) is 4.68 Å². The molecule has 0 bridgehead atoms. The molecule has 1 unspecified atom stereocenters. The van der Waals surface area contributed by atoms with Crippen LogP contribution in [0.2, 0.25) is 0 Å². The van der Waals surface area contributed by atoms with Crippen LogP contribution in [0.15, 0.2) is 12.4 Å². The molecule has 1 fully saturated rings. The molecule has 2 heterocycles. The first-order valence-corrected chi connectivity index (χ1v) is 6.86. The minimum atomic E-state index is 0.621. The van der Waals surface area contributed by atoms with Gasteiger partial charge in [-0.2, -0.15) is 16.9 Å². The highest BCUT2D eigenvalue weighted by molar-refractivity contribution is 7.99. The van der Waals surface area contributed by atoms with Crippen LogP contribution >= 0.6 is 11.8 Å². The monoisotopic (exact) mass is 225 g/mol. The van der Waals surface area contributed by atoms with E-state index in [4.69, 9.17) is 5.73 Å². The molecule has 15 heavy (non-hydrogen) atoms. The Morgan fingerprint density at radius 1 is 1.60 bits per heavy atom. The van der Waals surface area contributed by atoms with Crippen molar-refractivity contribution in [2.75, 3.05) is 18.1 Å². The van der Waals surface area contributed by atoms with Gasteiger partial charge in [-0.1, -0.05) is 0 Å². The smallest absolute Gasteiger partial charge is 0.0609 e. The summed E-state index contributed by atoms with van der Waals surface area (Å²) in [6.45, 7) is 0.768. The molecule has 0 radical (unpaired) electrons. The maximum atomic E-state index is 5.50. The molecular formula is C11H19N3S. The van der Waals surface area contributed by atoms with E-state index in [1.807, 2.05) is 18.0 Å². The summed E-state index contributed by atoms with van der Waals surface area (Å²) in [4.78, 5) is 0. The highest BCUT2D eigenvalue weighted by Gasteiger charge is 2.16. The molecule has 2 N–H and O–H groups in total. The number of thioether (sulfide) groups is 1. The van der Waals surface area contributed by atoms with Crippen molar-refractivity contribution in [3.05, 3.63) is 18.0 Å². The molecule has 2 rings (SSSR count). The maximum Gasteiger partial charge on any atom is 0.0609 e. The van der Waals surface area contributed by atoms with E-state index in [1.165, 1.54) is 29.9 Å². The van der Waals surface area contributed by atoms with Gasteiger partial charge in [-0.25, -0.2) is 0 Å². The summed E-state index contributed by atoms with van der Waals surface area (Å²) < 4.78 is 2.15. The van der Waals surface area contributed by atoms with E-state index >= 15 is 0 Å². The van der Waals surface area contributed by atoms with E-state index in [0.29, 0.717) is 6.04 Å². The lowest BCUT2D eigenvalue weighted by atomic mass is 10.2. The predicted octanol–water partition coefficient (Wildman–Crippen LogP) is 1.84. The summed E-state index contributed by atoms with van der Waals surface area (Å²) in [6, 6.07) is 0.621. The fourth-order valence-corrected chi connectivity index (χ4v) is 3.07. The van der Waals surface area contributed by atoms with Crippen LogP contribution < -0.4 is 5.73 Å². The molecule has 1 aromatic rings. The SMILES string of the molecule is NCCCc1cnn(C2CCCSC2)c1. The summed E-state index contributed by atoms with van der Waals surface area (Å²) in [5, 5.41) is 4.46. The Bertz CT molecular complexity index is 292. The van der Waals surface area contributed by atoms with Gasteiger partial charge in [0.2, 0.25) is 0 Å². The topological polar surface area (TPSA) is 43.8 Å². The van der Waals surface area contributed by atoms with E-state index in [-0.39, 0.29) is 0 Å². The number of nitrogens with two attached hydrogens (primary N) is 1. The summed E-state index contributed by atoms with van der Waals surface area (Å²) in [7, 11) is 0. The van der Waals surface area contributed by atoms with Crippen molar-refractivity contribution in [3.8, 4) is 0 Å². The van der Waals surface area contributed by atoms with Gasteiger partial charge in [0.15, 0.2) is 0 Å². The van der Waals surface area contributed by atoms with E-state index < -0.39 is 0 Å². The zero-order chi connectivity index (χ0) is 10.5.